The van der Waals surface area contributed by atoms with Crippen LogP contribution in [0.5, 0.6) is 0 Å². The molecule has 0 saturated heterocycles. The fourth-order valence-corrected chi connectivity index (χ4v) is 4.19. The van der Waals surface area contributed by atoms with Gasteiger partial charge in [-0.1, -0.05) is 30.3 Å². The minimum atomic E-state index is -0.710. The Hall–Kier alpha value is -2.04. The summed E-state index contributed by atoms with van der Waals surface area (Å²) in [6, 6.07) is 10.9. The van der Waals surface area contributed by atoms with Gasteiger partial charge in [-0.2, -0.15) is 0 Å². The number of amides is 2. The minimum absolute atomic E-state index is 0.0954. The van der Waals surface area contributed by atoms with Gasteiger partial charge in [0.05, 0.1) is 5.92 Å². The lowest BCUT2D eigenvalue weighted by Gasteiger charge is -2.31. The Balaban J connectivity index is 1.38. The number of hydrogen-bond donors (Lipinski definition) is 3. The molecule has 25 heavy (non-hydrogen) atoms. The summed E-state index contributed by atoms with van der Waals surface area (Å²) in [4.78, 5) is 23.2. The first-order valence-corrected chi connectivity index (χ1v) is 9.46. The highest BCUT2D eigenvalue weighted by atomic mass is 16.4. The summed E-state index contributed by atoms with van der Waals surface area (Å²) in [6.45, 7) is 0. The van der Waals surface area contributed by atoms with Crippen LogP contribution in [0.3, 0.4) is 0 Å². The predicted molar refractivity (Wildman–Crippen MR) is 96.5 cm³/mol. The average Bonchev–Trinajstić information content (AvgIpc) is 2.63. The second-order valence-corrected chi connectivity index (χ2v) is 7.46. The molecule has 0 heterocycles. The van der Waals surface area contributed by atoms with E-state index >= 15 is 0 Å². The molecule has 0 spiro atoms. The Kier molecular flexibility index (Phi) is 5.95. The molecule has 3 rings (SSSR count). The molecule has 0 radical (unpaired) electrons. The number of nitrogens with one attached hydrogen (secondary N) is 2. The summed E-state index contributed by atoms with van der Waals surface area (Å²) < 4.78 is 0. The molecule has 0 bridgehead atoms. The summed E-state index contributed by atoms with van der Waals surface area (Å²) in [6.07, 6.45) is 7.07. The van der Waals surface area contributed by atoms with Crippen molar-refractivity contribution in [2.45, 2.75) is 69.4 Å². The maximum absolute atomic E-state index is 12.2. The lowest BCUT2D eigenvalue weighted by atomic mass is 9.82. The zero-order valence-electron chi connectivity index (χ0n) is 14.6. The van der Waals surface area contributed by atoms with Crippen molar-refractivity contribution < 1.29 is 14.7 Å². The van der Waals surface area contributed by atoms with Gasteiger partial charge in [-0.3, -0.25) is 4.79 Å². The van der Waals surface area contributed by atoms with E-state index in [0.717, 1.165) is 38.5 Å². The first-order chi connectivity index (χ1) is 12.1. The highest BCUT2D eigenvalue weighted by Gasteiger charge is 2.28. The number of carboxylic acids is 1. The van der Waals surface area contributed by atoms with Crippen molar-refractivity contribution in [3.05, 3.63) is 35.9 Å². The molecule has 0 aliphatic heterocycles. The second-order valence-electron chi connectivity index (χ2n) is 7.46. The summed E-state index contributed by atoms with van der Waals surface area (Å²) in [5.41, 5.74) is 1.40. The van der Waals surface area contributed by atoms with Crippen LogP contribution in [0.1, 0.15) is 62.8 Å². The maximum atomic E-state index is 12.2. The third kappa shape index (κ3) is 4.97. The van der Waals surface area contributed by atoms with Crippen molar-refractivity contribution in [2.75, 3.05) is 0 Å². The second kappa shape index (κ2) is 8.37. The van der Waals surface area contributed by atoms with E-state index in [9.17, 15) is 9.59 Å². The van der Waals surface area contributed by atoms with Crippen molar-refractivity contribution in [3.8, 4) is 0 Å². The van der Waals surface area contributed by atoms with Crippen LogP contribution in [0.15, 0.2) is 30.3 Å². The molecule has 0 aromatic heterocycles. The number of carboxylic acid groups (broad SMARTS) is 1. The number of carbonyl (C=O) groups excluding carboxylic acids is 1. The van der Waals surface area contributed by atoms with E-state index in [1.54, 1.807) is 0 Å². The summed E-state index contributed by atoms with van der Waals surface area (Å²) in [5.74, 6) is -0.346. The number of urea groups is 1. The van der Waals surface area contributed by atoms with E-state index in [-0.39, 0.29) is 24.0 Å². The molecule has 2 fully saturated rings. The quantitative estimate of drug-likeness (QED) is 0.780. The van der Waals surface area contributed by atoms with Crippen LogP contribution in [0.25, 0.3) is 0 Å². The largest absolute Gasteiger partial charge is 0.481 e. The SMILES string of the molecule is O=C(NC1CCC(C(=O)O)CC1)NC1CCC(c2ccccc2)CC1. The van der Waals surface area contributed by atoms with Gasteiger partial charge in [0, 0.05) is 12.1 Å². The van der Waals surface area contributed by atoms with Crippen LogP contribution in [0.2, 0.25) is 0 Å². The minimum Gasteiger partial charge on any atom is -0.481 e. The van der Waals surface area contributed by atoms with E-state index in [2.05, 4.69) is 34.9 Å². The van der Waals surface area contributed by atoms with Crippen molar-refractivity contribution in [2.24, 2.45) is 5.92 Å². The topological polar surface area (TPSA) is 78.4 Å². The fraction of sp³-hybridized carbons (Fsp3) is 0.600. The van der Waals surface area contributed by atoms with Crippen LogP contribution in [-0.2, 0) is 4.79 Å². The van der Waals surface area contributed by atoms with Crippen molar-refractivity contribution in [1.82, 2.24) is 10.6 Å². The van der Waals surface area contributed by atoms with Crippen LogP contribution in [0, 0.1) is 5.92 Å². The van der Waals surface area contributed by atoms with Crippen LogP contribution in [-0.4, -0.2) is 29.2 Å². The number of carbonyl (C=O) groups is 2. The van der Waals surface area contributed by atoms with Crippen molar-refractivity contribution in [1.29, 1.82) is 0 Å². The monoisotopic (exact) mass is 344 g/mol. The van der Waals surface area contributed by atoms with Crippen LogP contribution < -0.4 is 10.6 Å². The predicted octanol–water partition coefficient (Wildman–Crippen LogP) is 3.66. The molecular formula is C20H28N2O3. The maximum Gasteiger partial charge on any atom is 0.315 e. The van der Waals surface area contributed by atoms with Gasteiger partial charge >= 0.3 is 12.0 Å². The number of rotatable bonds is 4. The lowest BCUT2D eigenvalue weighted by Crippen LogP contribution is -2.48. The van der Waals surface area contributed by atoms with E-state index in [0.29, 0.717) is 18.8 Å². The summed E-state index contributed by atoms with van der Waals surface area (Å²) in [5, 5.41) is 15.2. The molecule has 2 saturated carbocycles. The molecule has 0 unspecified atom stereocenters. The molecule has 5 heteroatoms. The standard InChI is InChI=1S/C20H28N2O3/c23-19(24)16-8-12-18(13-9-16)22-20(25)21-17-10-6-15(7-11-17)14-4-2-1-3-5-14/h1-5,15-18H,6-13H2,(H,23,24)(H2,21,22,25). The molecule has 0 atom stereocenters. The van der Waals surface area contributed by atoms with Gasteiger partial charge in [-0.25, -0.2) is 4.79 Å². The number of aliphatic carboxylic acids is 1. The van der Waals surface area contributed by atoms with Gasteiger partial charge < -0.3 is 15.7 Å². The number of hydrogen-bond acceptors (Lipinski definition) is 2. The molecule has 136 valence electrons. The Labute approximate surface area is 149 Å². The molecule has 2 amide bonds. The zero-order valence-corrected chi connectivity index (χ0v) is 14.6. The first kappa shape index (κ1) is 17.8. The third-order valence-electron chi connectivity index (χ3n) is 5.75. The zero-order chi connectivity index (χ0) is 17.6. The average molecular weight is 344 g/mol. The highest BCUT2D eigenvalue weighted by molar-refractivity contribution is 5.74. The van der Waals surface area contributed by atoms with Crippen molar-refractivity contribution >= 4 is 12.0 Å². The van der Waals surface area contributed by atoms with Gasteiger partial charge in [-0.15, -0.1) is 0 Å². The lowest BCUT2D eigenvalue weighted by molar-refractivity contribution is -0.142. The molecule has 1 aromatic carbocycles. The molecule has 2 aliphatic rings. The normalized spacial score (nSPS) is 29.6. The van der Waals surface area contributed by atoms with Crippen LogP contribution >= 0.6 is 0 Å². The van der Waals surface area contributed by atoms with Gasteiger partial charge in [0.15, 0.2) is 0 Å². The van der Waals surface area contributed by atoms with Gasteiger partial charge in [0.25, 0.3) is 0 Å². The fourth-order valence-electron chi connectivity index (χ4n) is 4.19. The Morgan fingerprint density at radius 2 is 1.32 bits per heavy atom. The number of benzene rings is 1. The summed E-state index contributed by atoms with van der Waals surface area (Å²) >= 11 is 0. The first-order valence-electron chi connectivity index (χ1n) is 9.46. The van der Waals surface area contributed by atoms with Crippen LogP contribution in [0.4, 0.5) is 4.79 Å². The van der Waals surface area contributed by atoms with Crippen molar-refractivity contribution in [3.63, 3.8) is 0 Å². The van der Waals surface area contributed by atoms with Gasteiger partial charge in [0.2, 0.25) is 0 Å². The van der Waals surface area contributed by atoms with Gasteiger partial charge in [0.1, 0.15) is 0 Å². The molecule has 3 N–H and O–H groups in total. The van der Waals surface area contributed by atoms with E-state index < -0.39 is 5.97 Å². The molecule has 5 nitrogen and oxygen atoms in total. The smallest absolute Gasteiger partial charge is 0.315 e. The Morgan fingerprint density at radius 1 is 0.800 bits per heavy atom. The third-order valence-corrected chi connectivity index (χ3v) is 5.75. The molecule has 1 aromatic rings. The van der Waals surface area contributed by atoms with E-state index in [1.807, 2.05) is 6.07 Å². The summed E-state index contributed by atoms with van der Waals surface area (Å²) in [7, 11) is 0. The van der Waals surface area contributed by atoms with E-state index in [4.69, 9.17) is 5.11 Å². The Bertz CT molecular complexity index is 574. The van der Waals surface area contributed by atoms with Gasteiger partial charge in [-0.05, 0) is 62.8 Å². The highest BCUT2D eigenvalue weighted by Crippen LogP contribution is 2.32. The molecular weight excluding hydrogens is 316 g/mol. The Morgan fingerprint density at radius 3 is 1.84 bits per heavy atom. The molecule has 2 aliphatic carbocycles. The van der Waals surface area contributed by atoms with E-state index in [1.165, 1.54) is 5.56 Å².